The number of thiophene rings is 1. The molecule has 0 saturated carbocycles. The molecule has 1 aromatic heterocycles. The van der Waals surface area contributed by atoms with Crippen LogP contribution in [0.2, 0.25) is 0 Å². The molecule has 1 saturated heterocycles. The Morgan fingerprint density at radius 3 is 2.51 bits per heavy atom. The number of aromatic hydroxyl groups is 2. The Kier molecular flexibility index (Phi) is 8.67. The fourth-order valence-electron chi connectivity index (χ4n) is 6.49. The molecule has 0 unspecified atom stereocenters. The van der Waals surface area contributed by atoms with Gasteiger partial charge in [-0.25, -0.2) is 0 Å². The van der Waals surface area contributed by atoms with Gasteiger partial charge in [0.2, 0.25) is 11.6 Å². The van der Waals surface area contributed by atoms with Gasteiger partial charge < -0.3 is 45.1 Å². The van der Waals surface area contributed by atoms with Crippen LogP contribution in [-0.2, 0) is 36.6 Å². The zero-order valence-corrected chi connectivity index (χ0v) is 26.2. The summed E-state index contributed by atoms with van der Waals surface area (Å²) in [6.07, 6.45) is -5.47. The van der Waals surface area contributed by atoms with Crippen molar-refractivity contribution < 1.29 is 58.6 Å². The van der Waals surface area contributed by atoms with Crippen LogP contribution in [0, 0.1) is 0 Å². The Labute approximate surface area is 272 Å². The Morgan fingerprint density at radius 1 is 1.09 bits per heavy atom. The van der Waals surface area contributed by atoms with Crippen molar-refractivity contribution >= 4 is 34.7 Å². The number of esters is 1. The number of Topliss-reactive ketones (excluding diaryl/α,β-unsaturated/α-hetero) is 1. The quantitative estimate of drug-likeness (QED) is 0.134. The highest BCUT2D eigenvalue weighted by atomic mass is 32.1. The lowest BCUT2D eigenvalue weighted by Gasteiger charge is -2.42. The molecule has 3 aliphatic rings. The summed E-state index contributed by atoms with van der Waals surface area (Å²) in [5.74, 6) is -4.51. The lowest BCUT2D eigenvalue weighted by atomic mass is 9.72. The van der Waals surface area contributed by atoms with Gasteiger partial charge in [0.25, 0.3) is 0 Å². The SMILES string of the molecule is COc1cccc2c1C(=O)c1c(O)c3c(c(O)c1C2=O)C[C@@](O)(C(=O)COC(=O)Cc1cccs1)C[C@@H]3O[C@@H]1C[C@H](N)[C@@H](O)[C@H](C)O1. The fourth-order valence-corrected chi connectivity index (χ4v) is 7.18. The van der Waals surface area contributed by atoms with E-state index in [4.69, 9.17) is 24.7 Å². The standard InChI is InChI=1S/C33H33NO12S/c1-14-28(37)18(34)10-23(45-14)46-20-12-33(42,21(35)13-44-22(36)9-15-5-4-8-47-15)11-17-25(20)32(41)27-26(30(17)39)29(38)16-6-3-7-19(43-2)24(16)31(27)40/h3-8,14,18,20,23,28,37,39,41-42H,9-13,34H2,1-2H3/t14-,18-,20-,23+,28-,33-/m0/s1. The molecule has 14 heteroatoms. The molecule has 13 nitrogen and oxygen atoms in total. The first-order valence-corrected chi connectivity index (χ1v) is 15.8. The van der Waals surface area contributed by atoms with Crippen molar-refractivity contribution in [1.29, 1.82) is 0 Å². The molecule has 6 rings (SSSR count). The lowest BCUT2D eigenvalue weighted by Crippen LogP contribution is -2.53. The molecule has 0 radical (unpaired) electrons. The average Bonchev–Trinajstić information content (AvgIpc) is 3.55. The van der Waals surface area contributed by atoms with Crippen LogP contribution in [0.3, 0.4) is 0 Å². The molecule has 3 aromatic rings. The average molecular weight is 668 g/mol. The van der Waals surface area contributed by atoms with E-state index in [0.29, 0.717) is 0 Å². The second-order valence-electron chi connectivity index (χ2n) is 11.9. The van der Waals surface area contributed by atoms with Crippen LogP contribution in [0.5, 0.6) is 17.2 Å². The largest absolute Gasteiger partial charge is 0.507 e. The highest BCUT2D eigenvalue weighted by Crippen LogP contribution is 2.52. The van der Waals surface area contributed by atoms with Crippen molar-refractivity contribution in [2.24, 2.45) is 5.73 Å². The molecular weight excluding hydrogens is 634 g/mol. The maximum absolute atomic E-state index is 13.8. The number of carbonyl (C=O) groups is 4. The minimum Gasteiger partial charge on any atom is -0.507 e. The van der Waals surface area contributed by atoms with Crippen molar-refractivity contribution in [2.45, 2.75) is 68.9 Å². The van der Waals surface area contributed by atoms with Crippen LogP contribution < -0.4 is 10.5 Å². The van der Waals surface area contributed by atoms with E-state index in [1.54, 1.807) is 24.4 Å². The lowest BCUT2D eigenvalue weighted by molar-refractivity contribution is -0.247. The minimum absolute atomic E-state index is 0.0102. The summed E-state index contributed by atoms with van der Waals surface area (Å²) in [4.78, 5) is 54.2. The summed E-state index contributed by atoms with van der Waals surface area (Å²) < 4.78 is 22.4. The monoisotopic (exact) mass is 667 g/mol. The molecule has 6 atom stereocenters. The smallest absolute Gasteiger partial charge is 0.311 e. The number of phenolic OH excluding ortho intramolecular Hbond substituents is 2. The molecule has 2 heterocycles. The van der Waals surface area contributed by atoms with Gasteiger partial charge in [-0.1, -0.05) is 18.2 Å². The molecule has 0 spiro atoms. The van der Waals surface area contributed by atoms with E-state index in [2.05, 4.69) is 0 Å². The van der Waals surface area contributed by atoms with Gasteiger partial charge >= 0.3 is 5.97 Å². The van der Waals surface area contributed by atoms with E-state index in [0.717, 1.165) is 4.88 Å². The predicted molar refractivity (Wildman–Crippen MR) is 164 cm³/mol. The van der Waals surface area contributed by atoms with E-state index in [-0.39, 0.29) is 40.8 Å². The third kappa shape index (κ3) is 5.70. The summed E-state index contributed by atoms with van der Waals surface area (Å²) in [5, 5.41) is 47.1. The molecule has 0 amide bonds. The van der Waals surface area contributed by atoms with Gasteiger partial charge in [0, 0.05) is 46.9 Å². The second-order valence-corrected chi connectivity index (χ2v) is 13.0. The van der Waals surface area contributed by atoms with E-state index in [9.17, 15) is 39.6 Å². The van der Waals surface area contributed by atoms with Crippen molar-refractivity contribution in [3.8, 4) is 17.2 Å². The molecule has 0 bridgehead atoms. The molecule has 1 aliphatic heterocycles. The first kappa shape index (κ1) is 32.7. The number of aliphatic hydroxyl groups excluding tert-OH is 1. The van der Waals surface area contributed by atoms with Gasteiger partial charge in [0.05, 0.1) is 48.5 Å². The van der Waals surface area contributed by atoms with Gasteiger partial charge in [-0.05, 0) is 24.4 Å². The number of benzene rings is 2. The normalized spacial score (nSPS) is 26.6. The molecule has 2 aliphatic carbocycles. The number of nitrogens with two attached hydrogens (primary N) is 1. The summed E-state index contributed by atoms with van der Waals surface area (Å²) in [6, 6.07) is 7.09. The number of fused-ring (bicyclic) bond motifs is 3. The summed E-state index contributed by atoms with van der Waals surface area (Å²) in [7, 11) is 1.32. The molecule has 2 aromatic carbocycles. The number of rotatable bonds is 8. The van der Waals surface area contributed by atoms with Gasteiger partial charge in [-0.15, -0.1) is 11.3 Å². The third-order valence-electron chi connectivity index (χ3n) is 8.92. The molecular formula is C33H33NO12S. The van der Waals surface area contributed by atoms with Gasteiger partial charge in [-0.2, -0.15) is 0 Å². The third-order valence-corrected chi connectivity index (χ3v) is 9.80. The number of hydrogen-bond acceptors (Lipinski definition) is 14. The van der Waals surface area contributed by atoms with E-state index >= 15 is 0 Å². The van der Waals surface area contributed by atoms with Crippen LogP contribution in [0.1, 0.15) is 73.7 Å². The van der Waals surface area contributed by atoms with Gasteiger partial charge in [0.1, 0.15) is 22.8 Å². The van der Waals surface area contributed by atoms with Crippen molar-refractivity contribution in [3.05, 3.63) is 74.0 Å². The summed E-state index contributed by atoms with van der Waals surface area (Å²) >= 11 is 1.34. The second kappa shape index (κ2) is 12.4. The van der Waals surface area contributed by atoms with Crippen LogP contribution >= 0.6 is 11.3 Å². The van der Waals surface area contributed by atoms with E-state index in [1.807, 2.05) is 0 Å². The first-order valence-electron chi connectivity index (χ1n) is 14.9. The zero-order chi connectivity index (χ0) is 33.8. The van der Waals surface area contributed by atoms with Crippen LogP contribution in [-0.4, -0.2) is 87.6 Å². The Hall–Kier alpha value is -4.18. The summed E-state index contributed by atoms with van der Waals surface area (Å²) in [5.41, 5.74) is 2.27. The molecule has 248 valence electrons. The summed E-state index contributed by atoms with van der Waals surface area (Å²) in [6.45, 7) is 0.771. The Morgan fingerprint density at radius 2 is 1.83 bits per heavy atom. The first-order chi connectivity index (χ1) is 22.3. The molecule has 47 heavy (non-hydrogen) atoms. The minimum atomic E-state index is -2.32. The van der Waals surface area contributed by atoms with Crippen LogP contribution in [0.4, 0.5) is 0 Å². The maximum atomic E-state index is 13.8. The van der Waals surface area contributed by atoms with Gasteiger partial charge in [-0.3, -0.25) is 19.2 Å². The Bertz CT molecular complexity index is 1760. The van der Waals surface area contributed by atoms with Crippen molar-refractivity contribution in [2.75, 3.05) is 13.7 Å². The van der Waals surface area contributed by atoms with Gasteiger partial charge in [0.15, 0.2) is 18.7 Å². The highest BCUT2D eigenvalue weighted by Gasteiger charge is 2.50. The van der Waals surface area contributed by atoms with Crippen LogP contribution in [0.15, 0.2) is 35.7 Å². The number of ketones is 3. The number of carbonyl (C=O) groups excluding carboxylic acids is 4. The number of phenols is 2. The highest BCUT2D eigenvalue weighted by molar-refractivity contribution is 7.10. The number of aliphatic hydroxyl groups is 2. The number of methoxy groups -OCH3 is 1. The van der Waals surface area contributed by atoms with Crippen molar-refractivity contribution in [3.63, 3.8) is 0 Å². The predicted octanol–water partition coefficient (Wildman–Crippen LogP) is 1.86. The van der Waals surface area contributed by atoms with Crippen LogP contribution in [0.25, 0.3) is 0 Å². The topological polar surface area (TPSA) is 212 Å². The van der Waals surface area contributed by atoms with E-state index in [1.165, 1.54) is 36.6 Å². The Balaban J connectivity index is 1.40. The molecule has 6 N–H and O–H groups in total. The fraction of sp³-hybridized carbons (Fsp3) is 0.394. The number of ether oxygens (including phenoxy) is 4. The maximum Gasteiger partial charge on any atom is 0.311 e. The van der Waals surface area contributed by atoms with E-state index < -0.39 is 102 Å². The van der Waals surface area contributed by atoms with Crippen molar-refractivity contribution in [1.82, 2.24) is 0 Å². The molecule has 1 fully saturated rings. The zero-order valence-electron chi connectivity index (χ0n) is 25.4. The number of hydrogen-bond donors (Lipinski definition) is 5.